The van der Waals surface area contributed by atoms with Gasteiger partial charge in [-0.25, -0.2) is 5.06 Å². The molecule has 1 heterocycles. The highest BCUT2D eigenvalue weighted by Crippen LogP contribution is 2.40. The maximum absolute atomic E-state index is 6.49. The molecule has 0 amide bonds. The highest BCUT2D eigenvalue weighted by atomic mass is 16.7. The summed E-state index contributed by atoms with van der Waals surface area (Å²) in [6.45, 7) is 3.76. The fraction of sp³-hybridized carbons (Fsp3) is 0.433. The van der Waals surface area contributed by atoms with Crippen LogP contribution in [-0.2, 0) is 22.8 Å². The Morgan fingerprint density at radius 3 is 2.31 bits per heavy atom. The Morgan fingerprint density at radius 2 is 1.64 bits per heavy atom. The molecular weight excluding hydrogens is 452 g/mol. The largest absolute Gasteiger partial charge is 0.494 e. The lowest BCUT2D eigenvalue weighted by Crippen LogP contribution is -2.38. The van der Waals surface area contributed by atoms with Crippen LogP contribution in [0.5, 0.6) is 11.5 Å². The normalized spacial score (nSPS) is 17.5. The molecule has 6 nitrogen and oxygen atoms in total. The van der Waals surface area contributed by atoms with Crippen molar-refractivity contribution in [2.75, 3.05) is 25.9 Å². The van der Waals surface area contributed by atoms with Crippen LogP contribution < -0.4 is 14.5 Å². The van der Waals surface area contributed by atoms with E-state index in [1.54, 1.807) is 20.4 Å². The van der Waals surface area contributed by atoms with E-state index in [1.165, 1.54) is 5.56 Å². The molecule has 0 atom stereocenters. The molecule has 0 saturated heterocycles. The third-order valence-electron chi connectivity index (χ3n) is 6.75. The maximum Gasteiger partial charge on any atom is 0.168 e. The molecule has 0 N–H and O–H groups in total. The quantitative estimate of drug-likeness (QED) is 0.264. The summed E-state index contributed by atoms with van der Waals surface area (Å²) in [4.78, 5) is 11.0. The minimum absolute atomic E-state index is 0.240. The lowest BCUT2D eigenvalue weighted by atomic mass is 9.81. The molecule has 0 unspecified atom stereocenters. The predicted molar refractivity (Wildman–Crippen MR) is 142 cm³/mol. The first-order chi connectivity index (χ1) is 17.7. The first-order valence-electron chi connectivity index (χ1n) is 12.9. The van der Waals surface area contributed by atoms with Crippen LogP contribution >= 0.6 is 0 Å². The molecule has 6 heteroatoms. The number of rotatable bonds is 12. The van der Waals surface area contributed by atoms with Crippen molar-refractivity contribution < 1.29 is 19.0 Å². The minimum Gasteiger partial charge on any atom is -0.494 e. The van der Waals surface area contributed by atoms with Gasteiger partial charge in [-0.3, -0.25) is 9.82 Å². The number of pyridine rings is 1. The zero-order valence-corrected chi connectivity index (χ0v) is 21.7. The van der Waals surface area contributed by atoms with Gasteiger partial charge in [0.25, 0.3) is 0 Å². The standard InChI is InChI=1S/C30H38N2O4/c1-4-20-35-27-16-12-25(13-17-27)24-10-14-26(15-11-24)32(36-21-23-8-6-5-7-9-23)29-18-19-31-28(22-33-2)30(29)34-3/h5-9,12-13,16-19,24,26H,4,10-11,14-15,20-22H2,1-3H3. The third-order valence-corrected chi connectivity index (χ3v) is 6.75. The average Bonchev–Trinajstić information content (AvgIpc) is 2.93. The van der Waals surface area contributed by atoms with E-state index < -0.39 is 0 Å². The summed E-state index contributed by atoms with van der Waals surface area (Å²) >= 11 is 0. The second-order valence-corrected chi connectivity index (χ2v) is 9.25. The molecule has 0 spiro atoms. The highest BCUT2D eigenvalue weighted by Gasteiger charge is 2.30. The second-order valence-electron chi connectivity index (χ2n) is 9.25. The Hall–Kier alpha value is -3.09. The van der Waals surface area contributed by atoms with Crippen molar-refractivity contribution in [3.8, 4) is 11.5 Å². The zero-order valence-electron chi connectivity index (χ0n) is 21.7. The first-order valence-corrected chi connectivity index (χ1v) is 12.9. The average molecular weight is 491 g/mol. The van der Waals surface area contributed by atoms with Crippen molar-refractivity contribution in [1.29, 1.82) is 0 Å². The van der Waals surface area contributed by atoms with Crippen molar-refractivity contribution in [1.82, 2.24) is 4.98 Å². The van der Waals surface area contributed by atoms with E-state index in [0.29, 0.717) is 24.9 Å². The minimum atomic E-state index is 0.240. The molecule has 0 radical (unpaired) electrons. The van der Waals surface area contributed by atoms with Gasteiger partial charge in [-0.15, -0.1) is 0 Å². The van der Waals surface area contributed by atoms with Gasteiger partial charge in [0.15, 0.2) is 5.75 Å². The van der Waals surface area contributed by atoms with Crippen LogP contribution in [0.25, 0.3) is 0 Å². The summed E-state index contributed by atoms with van der Waals surface area (Å²) in [6, 6.07) is 21.1. The molecular formula is C30H38N2O4. The molecule has 1 aliphatic rings. The summed E-state index contributed by atoms with van der Waals surface area (Å²) in [5.74, 6) is 2.20. The summed E-state index contributed by atoms with van der Waals surface area (Å²) < 4.78 is 16.9. The van der Waals surface area contributed by atoms with Crippen LogP contribution in [0, 0.1) is 0 Å². The van der Waals surface area contributed by atoms with E-state index in [1.807, 2.05) is 24.3 Å². The number of hydrogen-bond acceptors (Lipinski definition) is 6. The summed E-state index contributed by atoms with van der Waals surface area (Å²) in [7, 11) is 3.35. The Balaban J connectivity index is 1.50. The number of hydroxylamine groups is 1. The number of anilines is 1. The Morgan fingerprint density at radius 1 is 0.889 bits per heavy atom. The number of methoxy groups -OCH3 is 2. The van der Waals surface area contributed by atoms with E-state index >= 15 is 0 Å². The molecule has 36 heavy (non-hydrogen) atoms. The smallest absolute Gasteiger partial charge is 0.168 e. The number of benzene rings is 2. The van der Waals surface area contributed by atoms with Crippen molar-refractivity contribution in [2.45, 2.75) is 64.2 Å². The maximum atomic E-state index is 6.49. The van der Waals surface area contributed by atoms with Crippen LogP contribution in [0.15, 0.2) is 66.9 Å². The number of ether oxygens (including phenoxy) is 3. The Labute approximate surface area is 215 Å². The summed E-state index contributed by atoms with van der Waals surface area (Å²) in [5.41, 5.74) is 4.19. The molecule has 1 saturated carbocycles. The molecule has 3 aromatic rings. The first kappa shape index (κ1) is 26.0. The molecule has 192 valence electrons. The number of hydrogen-bond donors (Lipinski definition) is 0. The number of aromatic nitrogens is 1. The molecule has 0 aliphatic heterocycles. The molecule has 1 fully saturated rings. The van der Waals surface area contributed by atoms with E-state index in [0.717, 1.165) is 61.4 Å². The highest BCUT2D eigenvalue weighted by molar-refractivity contribution is 5.59. The van der Waals surface area contributed by atoms with Gasteiger partial charge in [-0.2, -0.15) is 0 Å². The van der Waals surface area contributed by atoms with Crippen LogP contribution in [0.3, 0.4) is 0 Å². The van der Waals surface area contributed by atoms with Gasteiger partial charge in [0, 0.05) is 13.3 Å². The Kier molecular flexibility index (Phi) is 9.59. The van der Waals surface area contributed by atoms with Gasteiger partial charge < -0.3 is 14.2 Å². The van der Waals surface area contributed by atoms with Gasteiger partial charge in [-0.1, -0.05) is 49.4 Å². The van der Waals surface area contributed by atoms with Crippen LogP contribution in [-0.4, -0.2) is 31.9 Å². The summed E-state index contributed by atoms with van der Waals surface area (Å²) in [6.07, 6.45) is 7.08. The van der Waals surface area contributed by atoms with E-state index in [2.05, 4.69) is 53.4 Å². The molecule has 0 bridgehead atoms. The van der Waals surface area contributed by atoms with Crippen LogP contribution in [0.2, 0.25) is 0 Å². The van der Waals surface area contributed by atoms with E-state index in [4.69, 9.17) is 19.0 Å². The summed E-state index contributed by atoms with van der Waals surface area (Å²) in [5, 5.41) is 2.06. The van der Waals surface area contributed by atoms with Gasteiger partial charge >= 0.3 is 0 Å². The SMILES string of the molecule is CCCOc1ccc(C2CCC(N(OCc3ccccc3)c3ccnc(COC)c3OC)CC2)cc1. The molecule has 4 rings (SSSR count). The predicted octanol–water partition coefficient (Wildman–Crippen LogP) is 6.69. The monoisotopic (exact) mass is 490 g/mol. The zero-order chi connectivity index (χ0) is 25.2. The lowest BCUT2D eigenvalue weighted by Gasteiger charge is -2.38. The van der Waals surface area contributed by atoms with Gasteiger partial charge in [-0.05, 0) is 67.3 Å². The lowest BCUT2D eigenvalue weighted by molar-refractivity contribution is 0.0611. The van der Waals surface area contributed by atoms with Gasteiger partial charge in [0.1, 0.15) is 17.1 Å². The molecule has 1 aromatic heterocycles. The van der Waals surface area contributed by atoms with Crippen LogP contribution in [0.4, 0.5) is 5.69 Å². The molecule has 2 aromatic carbocycles. The van der Waals surface area contributed by atoms with Gasteiger partial charge in [0.05, 0.1) is 33.0 Å². The topological polar surface area (TPSA) is 53.1 Å². The van der Waals surface area contributed by atoms with Crippen molar-refractivity contribution in [3.63, 3.8) is 0 Å². The fourth-order valence-corrected chi connectivity index (χ4v) is 4.91. The van der Waals surface area contributed by atoms with Crippen molar-refractivity contribution in [3.05, 3.63) is 83.7 Å². The van der Waals surface area contributed by atoms with Crippen molar-refractivity contribution >= 4 is 5.69 Å². The van der Waals surface area contributed by atoms with Crippen LogP contribution in [0.1, 0.15) is 61.8 Å². The number of nitrogens with zero attached hydrogens (tertiary/aromatic N) is 2. The fourth-order valence-electron chi connectivity index (χ4n) is 4.91. The van der Waals surface area contributed by atoms with Gasteiger partial charge in [0.2, 0.25) is 0 Å². The second kappa shape index (κ2) is 13.3. The Bertz CT molecular complexity index is 1050. The van der Waals surface area contributed by atoms with E-state index in [-0.39, 0.29) is 6.04 Å². The molecule has 1 aliphatic carbocycles. The third kappa shape index (κ3) is 6.56. The van der Waals surface area contributed by atoms with Crippen molar-refractivity contribution in [2.24, 2.45) is 0 Å². The van der Waals surface area contributed by atoms with E-state index in [9.17, 15) is 0 Å².